The van der Waals surface area contributed by atoms with Crippen LogP contribution in [-0.4, -0.2) is 36.1 Å². The third-order valence-corrected chi connectivity index (χ3v) is 3.27. The summed E-state index contributed by atoms with van der Waals surface area (Å²) in [6, 6.07) is 8.13. The number of nitrogens with one attached hydrogen (secondary N) is 2. The summed E-state index contributed by atoms with van der Waals surface area (Å²) in [5.41, 5.74) is 6.08. The molecule has 0 spiro atoms. The number of para-hydroxylation sites is 1. The maximum absolute atomic E-state index is 11.9. The van der Waals surface area contributed by atoms with Crippen LogP contribution in [0.15, 0.2) is 30.3 Å². The highest BCUT2D eigenvalue weighted by Gasteiger charge is 2.20. The second-order valence-electron chi connectivity index (χ2n) is 5.17. The van der Waals surface area contributed by atoms with Crippen molar-refractivity contribution in [2.24, 2.45) is 5.73 Å². The molecule has 0 radical (unpaired) electrons. The number of rotatable bonds is 11. The van der Waals surface area contributed by atoms with Gasteiger partial charge in [0.25, 0.3) is 0 Å². The van der Waals surface area contributed by atoms with Crippen LogP contribution in [0.3, 0.4) is 0 Å². The van der Waals surface area contributed by atoms with E-state index in [1.165, 1.54) is 0 Å². The van der Waals surface area contributed by atoms with Gasteiger partial charge in [-0.25, -0.2) is 0 Å². The smallest absolute Gasteiger partial charge is 0.321 e. The lowest BCUT2D eigenvalue weighted by atomic mass is 10.1. The van der Waals surface area contributed by atoms with Crippen molar-refractivity contribution in [3.05, 3.63) is 30.3 Å². The van der Waals surface area contributed by atoms with Gasteiger partial charge in [-0.1, -0.05) is 31.0 Å². The molecular formula is C16H25N3O3. The fourth-order valence-electron chi connectivity index (χ4n) is 2.06. The molecule has 0 heterocycles. The number of nitrogens with two attached hydrogens (primary N) is 1. The highest BCUT2D eigenvalue weighted by molar-refractivity contribution is 5.93. The summed E-state index contributed by atoms with van der Waals surface area (Å²) in [5.74, 6) is -1.32. The number of amides is 1. The normalized spacial score (nSPS) is 11.9. The molecule has 1 amide bonds. The quantitative estimate of drug-likeness (QED) is 0.465. The van der Waals surface area contributed by atoms with E-state index in [0.717, 1.165) is 25.7 Å². The van der Waals surface area contributed by atoms with Gasteiger partial charge in [-0.05, 0) is 38.1 Å². The molecule has 0 aliphatic heterocycles. The van der Waals surface area contributed by atoms with Crippen LogP contribution in [0, 0.1) is 0 Å². The van der Waals surface area contributed by atoms with E-state index < -0.39 is 12.0 Å². The van der Waals surface area contributed by atoms with Crippen molar-refractivity contribution < 1.29 is 14.7 Å². The van der Waals surface area contributed by atoms with Crippen molar-refractivity contribution >= 4 is 17.6 Å². The summed E-state index contributed by atoms with van der Waals surface area (Å²) in [4.78, 5) is 23.1. The van der Waals surface area contributed by atoms with Gasteiger partial charge < -0.3 is 21.5 Å². The molecule has 1 aromatic carbocycles. The van der Waals surface area contributed by atoms with Gasteiger partial charge >= 0.3 is 5.97 Å². The van der Waals surface area contributed by atoms with E-state index in [9.17, 15) is 9.59 Å². The van der Waals surface area contributed by atoms with Gasteiger partial charge in [-0.3, -0.25) is 9.59 Å². The Balaban J connectivity index is 2.31. The first-order valence-corrected chi connectivity index (χ1v) is 7.64. The molecule has 0 aromatic heterocycles. The highest BCUT2D eigenvalue weighted by atomic mass is 16.4. The third kappa shape index (κ3) is 7.75. The van der Waals surface area contributed by atoms with Gasteiger partial charge in [0.1, 0.15) is 6.04 Å². The second kappa shape index (κ2) is 10.8. The van der Waals surface area contributed by atoms with Crippen molar-refractivity contribution in [1.82, 2.24) is 5.32 Å². The number of unbranched alkanes of at least 4 members (excludes halogenated alkanes) is 3. The van der Waals surface area contributed by atoms with E-state index in [0.29, 0.717) is 18.8 Å². The van der Waals surface area contributed by atoms with Gasteiger partial charge in [0, 0.05) is 5.69 Å². The monoisotopic (exact) mass is 307 g/mol. The Labute approximate surface area is 131 Å². The van der Waals surface area contributed by atoms with E-state index in [2.05, 4.69) is 10.6 Å². The average Bonchev–Trinajstić information content (AvgIpc) is 2.50. The third-order valence-electron chi connectivity index (χ3n) is 3.27. The van der Waals surface area contributed by atoms with Gasteiger partial charge in [-0.15, -0.1) is 0 Å². The minimum Gasteiger partial charge on any atom is -0.480 e. The summed E-state index contributed by atoms with van der Waals surface area (Å²) in [6.45, 7) is 1.27. The van der Waals surface area contributed by atoms with E-state index >= 15 is 0 Å². The molecule has 1 rings (SSSR count). The molecule has 0 aliphatic rings. The maximum atomic E-state index is 11.9. The number of carboxylic acid groups (broad SMARTS) is 1. The lowest BCUT2D eigenvalue weighted by molar-refractivity contribution is -0.141. The molecule has 1 aromatic rings. The van der Waals surface area contributed by atoms with Crippen molar-refractivity contribution in [3.63, 3.8) is 0 Å². The van der Waals surface area contributed by atoms with Crippen molar-refractivity contribution in [1.29, 1.82) is 0 Å². The molecule has 22 heavy (non-hydrogen) atoms. The molecule has 5 N–H and O–H groups in total. The van der Waals surface area contributed by atoms with E-state index in [-0.39, 0.29) is 12.3 Å². The van der Waals surface area contributed by atoms with Crippen molar-refractivity contribution in [3.8, 4) is 0 Å². The Bertz CT molecular complexity index is 451. The molecule has 6 nitrogen and oxygen atoms in total. The number of anilines is 1. The molecule has 6 heteroatoms. The zero-order chi connectivity index (χ0) is 16.2. The number of carbonyl (C=O) groups excluding carboxylic acids is 1. The number of hydrogen-bond donors (Lipinski definition) is 4. The van der Waals surface area contributed by atoms with Crippen LogP contribution >= 0.6 is 0 Å². The van der Waals surface area contributed by atoms with Crippen LogP contribution in [0.25, 0.3) is 0 Å². The Morgan fingerprint density at radius 1 is 1.09 bits per heavy atom. The summed E-state index contributed by atoms with van der Waals surface area (Å²) < 4.78 is 0. The van der Waals surface area contributed by atoms with E-state index in [1.807, 2.05) is 18.2 Å². The van der Waals surface area contributed by atoms with Crippen molar-refractivity contribution in [2.75, 3.05) is 18.4 Å². The summed E-state index contributed by atoms with van der Waals surface area (Å²) >= 11 is 0. The first kappa shape index (κ1) is 18.1. The summed E-state index contributed by atoms with van der Waals surface area (Å²) in [6.07, 6.45) is 3.83. The number of benzene rings is 1. The molecule has 0 bridgehead atoms. The molecule has 1 unspecified atom stereocenters. The largest absolute Gasteiger partial charge is 0.480 e. The van der Waals surface area contributed by atoms with E-state index in [4.69, 9.17) is 10.8 Å². The van der Waals surface area contributed by atoms with Crippen LogP contribution in [-0.2, 0) is 9.59 Å². The van der Waals surface area contributed by atoms with Gasteiger partial charge in [0.05, 0.1) is 6.42 Å². The Hall–Kier alpha value is -1.92. The van der Waals surface area contributed by atoms with Crippen LogP contribution in [0.1, 0.15) is 32.1 Å². The molecule has 0 saturated heterocycles. The van der Waals surface area contributed by atoms with Crippen LogP contribution in [0.5, 0.6) is 0 Å². The summed E-state index contributed by atoms with van der Waals surface area (Å²) in [7, 11) is 0. The number of aliphatic carboxylic acids is 1. The fourth-order valence-corrected chi connectivity index (χ4v) is 2.06. The van der Waals surface area contributed by atoms with Gasteiger partial charge in [0.15, 0.2) is 0 Å². The highest BCUT2D eigenvalue weighted by Crippen LogP contribution is 2.06. The zero-order valence-corrected chi connectivity index (χ0v) is 12.8. The fraction of sp³-hybridized carbons (Fsp3) is 0.500. The predicted molar refractivity (Wildman–Crippen MR) is 86.6 cm³/mol. The Morgan fingerprint density at radius 3 is 2.41 bits per heavy atom. The van der Waals surface area contributed by atoms with Crippen LogP contribution in [0.2, 0.25) is 0 Å². The molecule has 122 valence electrons. The molecule has 0 saturated carbocycles. The first-order valence-electron chi connectivity index (χ1n) is 7.64. The maximum Gasteiger partial charge on any atom is 0.321 e. The van der Waals surface area contributed by atoms with Crippen molar-refractivity contribution in [2.45, 2.75) is 38.1 Å². The SMILES string of the molecule is NCCCCCCNC(CC(=O)Nc1ccccc1)C(=O)O. The van der Waals surface area contributed by atoms with Crippen LogP contribution < -0.4 is 16.4 Å². The molecular weight excluding hydrogens is 282 g/mol. The first-order chi connectivity index (χ1) is 10.6. The summed E-state index contributed by atoms with van der Waals surface area (Å²) in [5, 5.41) is 14.8. The zero-order valence-electron chi connectivity index (χ0n) is 12.8. The Kier molecular flexibility index (Phi) is 8.86. The number of carboxylic acids is 1. The molecule has 0 fully saturated rings. The van der Waals surface area contributed by atoms with Gasteiger partial charge in [0.2, 0.25) is 5.91 Å². The minimum absolute atomic E-state index is 0.0903. The lowest BCUT2D eigenvalue weighted by Gasteiger charge is -2.14. The molecule has 1 atom stereocenters. The van der Waals surface area contributed by atoms with E-state index in [1.54, 1.807) is 12.1 Å². The number of hydrogen-bond acceptors (Lipinski definition) is 4. The van der Waals surface area contributed by atoms with Crippen LogP contribution in [0.4, 0.5) is 5.69 Å². The lowest BCUT2D eigenvalue weighted by Crippen LogP contribution is -2.40. The topological polar surface area (TPSA) is 104 Å². The standard InChI is InChI=1S/C16H25N3O3/c17-10-6-1-2-7-11-18-14(16(21)22)12-15(20)19-13-8-4-3-5-9-13/h3-5,8-9,14,18H,1-2,6-7,10-12,17H2,(H,19,20)(H,21,22). The predicted octanol–water partition coefficient (Wildman–Crippen LogP) is 1.58. The number of carbonyl (C=O) groups is 2. The van der Waals surface area contributed by atoms with Gasteiger partial charge in [-0.2, -0.15) is 0 Å². The molecule has 0 aliphatic carbocycles. The average molecular weight is 307 g/mol. The minimum atomic E-state index is -1.01. The second-order valence-corrected chi connectivity index (χ2v) is 5.17. The Morgan fingerprint density at radius 2 is 1.77 bits per heavy atom.